The van der Waals surface area contributed by atoms with Crippen LogP contribution >= 0.6 is 0 Å². The van der Waals surface area contributed by atoms with Crippen molar-refractivity contribution in [3.63, 3.8) is 0 Å². The van der Waals surface area contributed by atoms with Crippen LogP contribution in [-0.4, -0.2) is 43.4 Å². The highest BCUT2D eigenvalue weighted by molar-refractivity contribution is 5.94. The number of aromatic nitrogens is 4. The van der Waals surface area contributed by atoms with E-state index in [4.69, 9.17) is 5.73 Å². The summed E-state index contributed by atoms with van der Waals surface area (Å²) in [6.07, 6.45) is 9.12. The number of carbonyl (C=O) groups excluding carboxylic acids is 1. The molecule has 1 aliphatic rings. The Bertz CT molecular complexity index is 906. The number of imidazole rings is 1. The Morgan fingerprint density at radius 2 is 2.07 bits per heavy atom. The topological polar surface area (TPSA) is 89.9 Å². The van der Waals surface area contributed by atoms with Crippen LogP contribution in [0, 0.1) is 0 Å². The van der Waals surface area contributed by atoms with Gasteiger partial charge >= 0.3 is 0 Å². The second-order valence-electron chi connectivity index (χ2n) is 6.80. The fraction of sp³-hybridized carbons (Fsp3) is 0.300. The fourth-order valence-corrected chi connectivity index (χ4v) is 3.57. The first-order chi connectivity index (χ1) is 13.2. The van der Waals surface area contributed by atoms with E-state index in [0.29, 0.717) is 24.5 Å². The molecule has 0 aromatic carbocycles. The Kier molecular flexibility index (Phi) is 4.82. The number of nitrogens with two attached hydrogens (primary N) is 1. The minimum atomic E-state index is -0.00460. The number of hydrogen-bond acceptors (Lipinski definition) is 5. The van der Waals surface area contributed by atoms with Gasteiger partial charge in [-0.3, -0.25) is 9.78 Å². The standard InChI is InChI=1S/C20H22N6O/c21-18-7-6-15(12-24-18)20(27)26-10-3-4-16(13-26)19-23-9-11-25(19)14-17-5-1-2-8-22-17/h1-2,5-9,11-12,16H,3-4,10,13-14H2,(H2,21,24)/t16-/m1/s1. The number of nitrogens with zero attached hydrogens (tertiary/aromatic N) is 5. The summed E-state index contributed by atoms with van der Waals surface area (Å²) in [5.74, 6) is 1.63. The number of anilines is 1. The molecule has 1 fully saturated rings. The first-order valence-electron chi connectivity index (χ1n) is 9.12. The molecule has 4 rings (SSSR count). The number of pyridine rings is 2. The lowest BCUT2D eigenvalue weighted by atomic mass is 9.96. The van der Waals surface area contributed by atoms with Crippen LogP contribution in [-0.2, 0) is 6.54 Å². The fourth-order valence-electron chi connectivity index (χ4n) is 3.57. The molecule has 1 aliphatic heterocycles. The van der Waals surface area contributed by atoms with Gasteiger partial charge in [0.25, 0.3) is 5.91 Å². The summed E-state index contributed by atoms with van der Waals surface area (Å²) in [6.45, 7) is 2.09. The Labute approximate surface area is 157 Å². The lowest BCUT2D eigenvalue weighted by molar-refractivity contribution is 0.0703. The molecule has 2 N–H and O–H groups in total. The van der Waals surface area contributed by atoms with Gasteiger partial charge < -0.3 is 15.2 Å². The van der Waals surface area contributed by atoms with Crippen molar-refractivity contribution < 1.29 is 4.79 Å². The largest absolute Gasteiger partial charge is 0.384 e. The Morgan fingerprint density at radius 3 is 2.85 bits per heavy atom. The van der Waals surface area contributed by atoms with E-state index in [1.54, 1.807) is 24.5 Å². The van der Waals surface area contributed by atoms with Gasteiger partial charge in [0.15, 0.2) is 0 Å². The lowest BCUT2D eigenvalue weighted by Crippen LogP contribution is -2.39. The maximum absolute atomic E-state index is 12.8. The average Bonchev–Trinajstić information content (AvgIpc) is 3.17. The Hall–Kier alpha value is -3.22. The molecule has 4 heterocycles. The highest BCUT2D eigenvalue weighted by Crippen LogP contribution is 2.27. The zero-order valence-electron chi connectivity index (χ0n) is 15.0. The third kappa shape index (κ3) is 3.81. The quantitative estimate of drug-likeness (QED) is 0.769. The monoisotopic (exact) mass is 362 g/mol. The van der Waals surface area contributed by atoms with Crippen LogP contribution in [0.15, 0.2) is 55.1 Å². The molecule has 7 nitrogen and oxygen atoms in total. The number of nitrogen functional groups attached to an aromatic ring is 1. The molecule has 1 atom stereocenters. The Balaban J connectivity index is 1.50. The molecule has 3 aromatic heterocycles. The van der Waals surface area contributed by atoms with Gasteiger partial charge in [0, 0.05) is 43.8 Å². The summed E-state index contributed by atoms with van der Waals surface area (Å²) in [7, 11) is 0. The van der Waals surface area contributed by atoms with Gasteiger partial charge in [-0.05, 0) is 37.1 Å². The Morgan fingerprint density at radius 1 is 1.15 bits per heavy atom. The molecule has 1 amide bonds. The molecule has 138 valence electrons. The molecular formula is C20H22N6O. The summed E-state index contributed by atoms with van der Waals surface area (Å²) >= 11 is 0. The van der Waals surface area contributed by atoms with E-state index in [1.165, 1.54) is 0 Å². The van der Waals surface area contributed by atoms with Crippen molar-refractivity contribution in [2.24, 2.45) is 0 Å². The SMILES string of the molecule is Nc1ccc(C(=O)N2CCC[C@@H](c3nccn3Cc3ccccn3)C2)cn1. The molecule has 0 spiro atoms. The maximum Gasteiger partial charge on any atom is 0.255 e. The van der Waals surface area contributed by atoms with E-state index in [-0.39, 0.29) is 11.8 Å². The summed E-state index contributed by atoms with van der Waals surface area (Å²) in [6, 6.07) is 9.30. The molecule has 27 heavy (non-hydrogen) atoms. The van der Waals surface area contributed by atoms with Gasteiger partial charge in [0.1, 0.15) is 11.6 Å². The number of amides is 1. The second-order valence-corrected chi connectivity index (χ2v) is 6.80. The molecule has 0 radical (unpaired) electrons. The number of carbonyl (C=O) groups is 1. The lowest BCUT2D eigenvalue weighted by Gasteiger charge is -2.32. The minimum Gasteiger partial charge on any atom is -0.384 e. The van der Waals surface area contributed by atoms with Crippen LogP contribution in [0.2, 0.25) is 0 Å². The van der Waals surface area contributed by atoms with Gasteiger partial charge in [0.2, 0.25) is 0 Å². The molecule has 1 saturated heterocycles. The summed E-state index contributed by atoms with van der Waals surface area (Å²) in [5.41, 5.74) is 7.18. The zero-order valence-corrected chi connectivity index (χ0v) is 15.0. The van der Waals surface area contributed by atoms with E-state index >= 15 is 0 Å². The van der Waals surface area contributed by atoms with E-state index in [9.17, 15) is 4.79 Å². The van der Waals surface area contributed by atoms with Crippen LogP contribution in [0.3, 0.4) is 0 Å². The number of rotatable bonds is 4. The van der Waals surface area contributed by atoms with E-state index < -0.39 is 0 Å². The van der Waals surface area contributed by atoms with Crippen molar-refractivity contribution in [2.75, 3.05) is 18.8 Å². The maximum atomic E-state index is 12.8. The first kappa shape index (κ1) is 17.2. The average molecular weight is 362 g/mol. The van der Waals surface area contributed by atoms with Gasteiger partial charge in [-0.1, -0.05) is 6.07 Å². The number of piperidine rings is 1. The van der Waals surface area contributed by atoms with Crippen molar-refractivity contribution in [1.82, 2.24) is 24.4 Å². The molecule has 3 aromatic rings. The molecule has 0 unspecified atom stereocenters. The summed E-state index contributed by atoms with van der Waals surface area (Å²) in [4.78, 5) is 27.7. The van der Waals surface area contributed by atoms with Crippen molar-refractivity contribution in [2.45, 2.75) is 25.3 Å². The third-order valence-corrected chi connectivity index (χ3v) is 4.91. The molecule has 0 bridgehead atoms. The summed E-state index contributed by atoms with van der Waals surface area (Å²) < 4.78 is 2.13. The van der Waals surface area contributed by atoms with Crippen molar-refractivity contribution >= 4 is 11.7 Å². The highest BCUT2D eigenvalue weighted by atomic mass is 16.2. The zero-order chi connectivity index (χ0) is 18.6. The molecule has 0 saturated carbocycles. The second kappa shape index (κ2) is 7.57. The van der Waals surface area contributed by atoms with E-state index in [2.05, 4.69) is 19.5 Å². The predicted molar refractivity (Wildman–Crippen MR) is 102 cm³/mol. The van der Waals surface area contributed by atoms with Crippen LogP contribution in [0.25, 0.3) is 0 Å². The normalized spacial score (nSPS) is 17.0. The van der Waals surface area contributed by atoms with E-state index in [1.807, 2.05) is 35.5 Å². The number of hydrogen-bond donors (Lipinski definition) is 1. The minimum absolute atomic E-state index is 0.00460. The third-order valence-electron chi connectivity index (χ3n) is 4.91. The predicted octanol–water partition coefficient (Wildman–Crippen LogP) is 2.32. The van der Waals surface area contributed by atoms with Gasteiger partial charge in [-0.25, -0.2) is 9.97 Å². The van der Waals surface area contributed by atoms with Crippen molar-refractivity contribution in [3.8, 4) is 0 Å². The van der Waals surface area contributed by atoms with Gasteiger partial charge in [-0.15, -0.1) is 0 Å². The highest BCUT2D eigenvalue weighted by Gasteiger charge is 2.28. The van der Waals surface area contributed by atoms with Gasteiger partial charge in [0.05, 0.1) is 17.8 Å². The van der Waals surface area contributed by atoms with E-state index in [0.717, 1.165) is 30.9 Å². The van der Waals surface area contributed by atoms with Crippen LogP contribution in [0.5, 0.6) is 0 Å². The smallest absolute Gasteiger partial charge is 0.255 e. The van der Waals surface area contributed by atoms with Crippen LogP contribution in [0.4, 0.5) is 5.82 Å². The van der Waals surface area contributed by atoms with Gasteiger partial charge in [-0.2, -0.15) is 0 Å². The summed E-state index contributed by atoms with van der Waals surface area (Å²) in [5, 5.41) is 0. The van der Waals surface area contributed by atoms with Crippen LogP contribution in [0.1, 0.15) is 40.6 Å². The van der Waals surface area contributed by atoms with Crippen molar-refractivity contribution in [3.05, 3.63) is 72.2 Å². The van der Waals surface area contributed by atoms with Crippen LogP contribution < -0.4 is 5.73 Å². The first-order valence-corrected chi connectivity index (χ1v) is 9.12. The molecule has 7 heteroatoms. The van der Waals surface area contributed by atoms with Crippen molar-refractivity contribution in [1.29, 1.82) is 0 Å². The number of likely N-dealkylation sites (tertiary alicyclic amines) is 1. The molecular weight excluding hydrogens is 340 g/mol. The molecule has 0 aliphatic carbocycles.